The summed E-state index contributed by atoms with van der Waals surface area (Å²) in [6.45, 7) is 5.78. The summed E-state index contributed by atoms with van der Waals surface area (Å²) in [4.78, 5) is 0. The normalized spacial score (nSPS) is 25.3. The molecule has 0 bridgehead atoms. The van der Waals surface area contributed by atoms with Crippen molar-refractivity contribution >= 4 is 5.69 Å². The Morgan fingerprint density at radius 1 is 1.33 bits per heavy atom. The minimum Gasteiger partial charge on any atom is -0.490 e. The number of anilines is 1. The average Bonchev–Trinajstić information content (AvgIpc) is 2.68. The van der Waals surface area contributed by atoms with Crippen molar-refractivity contribution < 1.29 is 4.74 Å². The van der Waals surface area contributed by atoms with Gasteiger partial charge in [0.05, 0.1) is 6.10 Å². The summed E-state index contributed by atoms with van der Waals surface area (Å²) >= 11 is 0. The number of hydrogen-bond acceptors (Lipinski definition) is 2. The number of rotatable bonds is 2. The van der Waals surface area contributed by atoms with Crippen LogP contribution in [-0.2, 0) is 6.42 Å². The molecular formula is C16H23NO. The average molecular weight is 245 g/mol. The first-order valence-electron chi connectivity index (χ1n) is 7.16. The summed E-state index contributed by atoms with van der Waals surface area (Å²) < 4.78 is 6.15. The number of ether oxygens (including phenoxy) is 1. The first-order chi connectivity index (χ1) is 8.62. The van der Waals surface area contributed by atoms with Gasteiger partial charge >= 0.3 is 0 Å². The van der Waals surface area contributed by atoms with Gasteiger partial charge in [-0.2, -0.15) is 0 Å². The fraction of sp³-hybridized carbons (Fsp3) is 0.625. The molecule has 0 radical (unpaired) electrons. The molecule has 1 aromatic rings. The van der Waals surface area contributed by atoms with Crippen LogP contribution < -0.4 is 10.1 Å². The lowest BCUT2D eigenvalue weighted by atomic mass is 9.92. The van der Waals surface area contributed by atoms with Gasteiger partial charge in [-0.1, -0.05) is 13.8 Å². The van der Waals surface area contributed by atoms with Crippen LogP contribution in [-0.4, -0.2) is 12.6 Å². The summed E-state index contributed by atoms with van der Waals surface area (Å²) in [6, 6.07) is 6.51. The van der Waals surface area contributed by atoms with E-state index < -0.39 is 0 Å². The standard InChI is InChI=1S/C16H23NO/c1-16(2)8-7-14(11-16)18-13-5-6-15-12(10-13)4-3-9-17-15/h5-6,10,14,17H,3-4,7-9,11H2,1-2H3. The van der Waals surface area contributed by atoms with Gasteiger partial charge in [0.15, 0.2) is 0 Å². The highest BCUT2D eigenvalue weighted by Gasteiger charge is 2.32. The van der Waals surface area contributed by atoms with Crippen LogP contribution in [0.4, 0.5) is 5.69 Å². The monoisotopic (exact) mass is 245 g/mol. The van der Waals surface area contributed by atoms with E-state index in [0.717, 1.165) is 12.3 Å². The van der Waals surface area contributed by atoms with Gasteiger partial charge in [-0.3, -0.25) is 0 Å². The second-order valence-corrected chi connectivity index (χ2v) is 6.50. The van der Waals surface area contributed by atoms with E-state index in [9.17, 15) is 0 Å². The molecule has 1 unspecified atom stereocenters. The Labute approximate surface area is 110 Å². The van der Waals surface area contributed by atoms with Crippen molar-refractivity contribution in [2.75, 3.05) is 11.9 Å². The van der Waals surface area contributed by atoms with E-state index in [0.29, 0.717) is 11.5 Å². The molecular weight excluding hydrogens is 222 g/mol. The topological polar surface area (TPSA) is 21.3 Å². The van der Waals surface area contributed by atoms with E-state index in [4.69, 9.17) is 4.74 Å². The molecule has 0 aromatic heterocycles. The maximum Gasteiger partial charge on any atom is 0.120 e. The largest absolute Gasteiger partial charge is 0.490 e. The quantitative estimate of drug-likeness (QED) is 0.850. The smallest absolute Gasteiger partial charge is 0.120 e. The van der Waals surface area contributed by atoms with Gasteiger partial charge in [-0.05, 0) is 61.3 Å². The Bertz CT molecular complexity index is 439. The van der Waals surface area contributed by atoms with Gasteiger partial charge in [0.2, 0.25) is 0 Å². The molecule has 1 saturated carbocycles. The molecule has 1 aromatic carbocycles. The lowest BCUT2D eigenvalue weighted by Gasteiger charge is -2.21. The fourth-order valence-corrected chi connectivity index (χ4v) is 3.19. The van der Waals surface area contributed by atoms with Crippen LogP contribution in [0.25, 0.3) is 0 Å². The van der Waals surface area contributed by atoms with E-state index in [1.54, 1.807) is 0 Å². The van der Waals surface area contributed by atoms with Gasteiger partial charge in [-0.15, -0.1) is 0 Å². The molecule has 98 valence electrons. The molecule has 1 N–H and O–H groups in total. The van der Waals surface area contributed by atoms with Crippen molar-refractivity contribution in [3.63, 3.8) is 0 Å². The summed E-state index contributed by atoms with van der Waals surface area (Å²) in [5.74, 6) is 1.06. The molecule has 1 fully saturated rings. The Kier molecular flexibility index (Phi) is 2.96. The van der Waals surface area contributed by atoms with Gasteiger partial charge in [0.25, 0.3) is 0 Å². The fourth-order valence-electron chi connectivity index (χ4n) is 3.19. The molecule has 1 atom stereocenters. The number of nitrogens with one attached hydrogen (secondary N) is 1. The van der Waals surface area contributed by atoms with Crippen LogP contribution in [0.5, 0.6) is 5.75 Å². The van der Waals surface area contributed by atoms with Gasteiger partial charge < -0.3 is 10.1 Å². The summed E-state index contributed by atoms with van der Waals surface area (Å²) in [5.41, 5.74) is 3.16. The lowest BCUT2D eigenvalue weighted by Crippen LogP contribution is -2.16. The molecule has 3 rings (SSSR count). The van der Waals surface area contributed by atoms with Crippen LogP contribution >= 0.6 is 0 Å². The predicted molar refractivity (Wildman–Crippen MR) is 75.3 cm³/mol. The lowest BCUT2D eigenvalue weighted by molar-refractivity contribution is 0.193. The summed E-state index contributed by atoms with van der Waals surface area (Å²) in [7, 11) is 0. The summed E-state index contributed by atoms with van der Waals surface area (Å²) in [6.07, 6.45) is 6.48. The first-order valence-corrected chi connectivity index (χ1v) is 7.16. The van der Waals surface area contributed by atoms with Crippen LogP contribution in [0.15, 0.2) is 18.2 Å². The highest BCUT2D eigenvalue weighted by atomic mass is 16.5. The van der Waals surface area contributed by atoms with E-state index in [1.165, 1.54) is 43.4 Å². The van der Waals surface area contributed by atoms with Gasteiger partial charge in [0.1, 0.15) is 5.75 Å². The molecule has 2 nitrogen and oxygen atoms in total. The van der Waals surface area contributed by atoms with Gasteiger partial charge in [-0.25, -0.2) is 0 Å². The molecule has 2 heteroatoms. The Hall–Kier alpha value is -1.18. The molecule has 1 heterocycles. The maximum atomic E-state index is 6.15. The van der Waals surface area contributed by atoms with Crippen molar-refractivity contribution in [2.45, 2.75) is 52.1 Å². The Morgan fingerprint density at radius 2 is 2.22 bits per heavy atom. The second-order valence-electron chi connectivity index (χ2n) is 6.50. The predicted octanol–water partition coefficient (Wildman–Crippen LogP) is 4.00. The minimum absolute atomic E-state index is 0.412. The van der Waals surface area contributed by atoms with Crippen LogP contribution in [0.3, 0.4) is 0 Å². The zero-order chi connectivity index (χ0) is 12.6. The third kappa shape index (κ3) is 2.47. The van der Waals surface area contributed by atoms with Crippen molar-refractivity contribution in [3.05, 3.63) is 23.8 Å². The van der Waals surface area contributed by atoms with Crippen molar-refractivity contribution in [2.24, 2.45) is 5.41 Å². The molecule has 18 heavy (non-hydrogen) atoms. The molecule has 1 aliphatic carbocycles. The Morgan fingerprint density at radius 3 is 3.00 bits per heavy atom. The first kappa shape index (κ1) is 11.9. The molecule has 0 spiro atoms. The second kappa shape index (κ2) is 4.49. The number of hydrogen-bond donors (Lipinski definition) is 1. The van der Waals surface area contributed by atoms with Crippen LogP contribution in [0, 0.1) is 5.41 Å². The minimum atomic E-state index is 0.412. The van der Waals surface area contributed by atoms with Crippen molar-refractivity contribution in [1.82, 2.24) is 0 Å². The molecule has 0 amide bonds. The van der Waals surface area contributed by atoms with Crippen molar-refractivity contribution in [1.29, 1.82) is 0 Å². The van der Waals surface area contributed by atoms with E-state index >= 15 is 0 Å². The van der Waals surface area contributed by atoms with Crippen LogP contribution in [0.1, 0.15) is 45.1 Å². The SMILES string of the molecule is CC1(C)CCC(Oc2ccc3c(c2)CCCN3)C1. The highest BCUT2D eigenvalue weighted by Crippen LogP contribution is 2.39. The highest BCUT2D eigenvalue weighted by molar-refractivity contribution is 5.55. The van der Waals surface area contributed by atoms with Gasteiger partial charge in [0, 0.05) is 12.2 Å². The third-order valence-corrected chi connectivity index (χ3v) is 4.24. The number of fused-ring (bicyclic) bond motifs is 1. The van der Waals surface area contributed by atoms with E-state index in [2.05, 4.69) is 37.4 Å². The zero-order valence-corrected chi connectivity index (χ0v) is 11.5. The number of benzene rings is 1. The molecule has 1 aliphatic heterocycles. The number of aryl methyl sites for hydroxylation is 1. The summed E-state index contributed by atoms with van der Waals surface area (Å²) in [5, 5.41) is 3.44. The third-order valence-electron chi connectivity index (χ3n) is 4.24. The van der Waals surface area contributed by atoms with E-state index in [-0.39, 0.29) is 0 Å². The van der Waals surface area contributed by atoms with Crippen LogP contribution in [0.2, 0.25) is 0 Å². The molecule has 0 saturated heterocycles. The maximum absolute atomic E-state index is 6.15. The molecule has 2 aliphatic rings. The van der Waals surface area contributed by atoms with E-state index in [1.807, 2.05) is 0 Å². The Balaban J connectivity index is 1.70. The zero-order valence-electron chi connectivity index (χ0n) is 11.5. The van der Waals surface area contributed by atoms with Crippen molar-refractivity contribution in [3.8, 4) is 5.75 Å².